The first-order valence-corrected chi connectivity index (χ1v) is 11.3. The van der Waals surface area contributed by atoms with Crippen LogP contribution in [0.15, 0.2) is 46.2 Å². The van der Waals surface area contributed by atoms with Crippen molar-refractivity contribution in [1.29, 1.82) is 0 Å². The maximum atomic E-state index is 13.5. The maximum Gasteiger partial charge on any atom is 0.206 e. The molecule has 3 heteroatoms. The van der Waals surface area contributed by atoms with Gasteiger partial charge in [-0.3, -0.25) is 0 Å². The van der Waals surface area contributed by atoms with Gasteiger partial charge in [-0.25, -0.2) is 8.42 Å². The van der Waals surface area contributed by atoms with E-state index in [4.69, 9.17) is 0 Å². The molecule has 0 bridgehead atoms. The van der Waals surface area contributed by atoms with E-state index in [9.17, 15) is 8.42 Å². The van der Waals surface area contributed by atoms with Gasteiger partial charge in [0.15, 0.2) is 0 Å². The Morgan fingerprint density at radius 3 is 1.22 bits per heavy atom. The molecule has 2 rings (SSSR count). The van der Waals surface area contributed by atoms with Crippen molar-refractivity contribution < 1.29 is 8.42 Å². The van der Waals surface area contributed by atoms with E-state index in [2.05, 4.69) is 67.5 Å². The molecular weight excluding hydrogens is 352 g/mol. The Hall–Kier alpha value is -1.61. The molecule has 0 atom stereocenters. The van der Waals surface area contributed by atoms with Crippen LogP contribution in [0.25, 0.3) is 0 Å². The number of aryl methyl sites for hydroxylation is 2. The van der Waals surface area contributed by atoms with E-state index in [0.717, 1.165) is 35.1 Å². The molecule has 2 aromatic carbocycles. The van der Waals surface area contributed by atoms with Crippen molar-refractivity contribution in [3.63, 3.8) is 0 Å². The first kappa shape index (κ1) is 21.7. The van der Waals surface area contributed by atoms with Crippen molar-refractivity contribution in [2.75, 3.05) is 0 Å². The molecule has 27 heavy (non-hydrogen) atoms. The predicted molar refractivity (Wildman–Crippen MR) is 114 cm³/mol. The Morgan fingerprint density at radius 2 is 0.963 bits per heavy atom. The summed E-state index contributed by atoms with van der Waals surface area (Å²) < 4.78 is 27.1. The van der Waals surface area contributed by atoms with Crippen molar-refractivity contribution in [3.8, 4) is 0 Å². The molecule has 2 aromatic rings. The molecule has 0 aliphatic rings. The minimum Gasteiger partial charge on any atom is -0.219 e. The molecule has 0 saturated carbocycles. The van der Waals surface area contributed by atoms with Crippen molar-refractivity contribution in [2.45, 2.75) is 88.9 Å². The van der Waals surface area contributed by atoms with E-state index >= 15 is 0 Å². The molecule has 0 saturated heterocycles. The first-order chi connectivity index (χ1) is 12.3. The zero-order valence-electron chi connectivity index (χ0n) is 18.1. The van der Waals surface area contributed by atoms with Crippen LogP contribution >= 0.6 is 0 Å². The summed E-state index contributed by atoms with van der Waals surface area (Å²) in [6, 6.07) is 11.6. The lowest BCUT2D eigenvalue weighted by atomic mass is 9.86. The highest BCUT2D eigenvalue weighted by Crippen LogP contribution is 2.32. The molecule has 0 N–H and O–H groups in total. The van der Waals surface area contributed by atoms with E-state index < -0.39 is 9.84 Å². The van der Waals surface area contributed by atoms with Crippen LogP contribution < -0.4 is 0 Å². The highest BCUT2D eigenvalue weighted by molar-refractivity contribution is 7.91. The zero-order valence-corrected chi connectivity index (χ0v) is 18.9. The molecule has 0 unspecified atom stereocenters. The van der Waals surface area contributed by atoms with E-state index in [1.54, 1.807) is 0 Å². The van der Waals surface area contributed by atoms with Crippen LogP contribution in [0.3, 0.4) is 0 Å². The van der Waals surface area contributed by atoms with E-state index in [0.29, 0.717) is 9.79 Å². The lowest BCUT2D eigenvalue weighted by molar-refractivity contribution is 0.579. The lowest BCUT2D eigenvalue weighted by Crippen LogP contribution is -2.15. The van der Waals surface area contributed by atoms with Crippen LogP contribution in [0.2, 0.25) is 0 Å². The fraction of sp³-hybridized carbons (Fsp3) is 0.500. The van der Waals surface area contributed by atoms with Gasteiger partial charge in [-0.2, -0.15) is 0 Å². The quantitative estimate of drug-likeness (QED) is 0.623. The van der Waals surface area contributed by atoms with E-state index in [-0.39, 0.29) is 10.8 Å². The van der Waals surface area contributed by atoms with Gasteiger partial charge in [-0.05, 0) is 70.2 Å². The highest BCUT2D eigenvalue weighted by Gasteiger charge is 2.25. The number of sulfone groups is 1. The normalized spacial score (nSPS) is 13.0. The summed E-state index contributed by atoms with van der Waals surface area (Å²) in [6.45, 7) is 16.8. The van der Waals surface area contributed by atoms with Gasteiger partial charge in [0, 0.05) is 0 Å². The second-order valence-electron chi connectivity index (χ2n) is 9.44. The Bertz CT molecular complexity index is 852. The van der Waals surface area contributed by atoms with Crippen LogP contribution in [0.5, 0.6) is 0 Å². The average molecular weight is 387 g/mol. The number of benzene rings is 2. The molecule has 2 nitrogen and oxygen atoms in total. The van der Waals surface area contributed by atoms with Gasteiger partial charge in [0.1, 0.15) is 0 Å². The molecule has 0 heterocycles. The Morgan fingerprint density at radius 1 is 0.630 bits per heavy atom. The van der Waals surface area contributed by atoms with Crippen molar-refractivity contribution in [1.82, 2.24) is 0 Å². The van der Waals surface area contributed by atoms with E-state index in [1.807, 2.05) is 24.3 Å². The van der Waals surface area contributed by atoms with E-state index in [1.165, 1.54) is 0 Å². The Labute approximate surface area is 165 Å². The fourth-order valence-electron chi connectivity index (χ4n) is 3.04. The number of rotatable bonds is 4. The van der Waals surface area contributed by atoms with Crippen molar-refractivity contribution >= 4 is 9.84 Å². The number of hydrogen-bond donors (Lipinski definition) is 0. The van der Waals surface area contributed by atoms with Crippen LogP contribution in [0.1, 0.15) is 77.6 Å². The Kier molecular flexibility index (Phi) is 5.96. The van der Waals surface area contributed by atoms with Gasteiger partial charge in [0.2, 0.25) is 9.84 Å². The maximum absolute atomic E-state index is 13.5. The fourth-order valence-corrected chi connectivity index (χ4v) is 4.49. The largest absolute Gasteiger partial charge is 0.219 e. The zero-order chi connectivity index (χ0) is 20.6. The van der Waals surface area contributed by atoms with Crippen LogP contribution in [0, 0.1) is 0 Å². The summed E-state index contributed by atoms with van der Waals surface area (Å²) in [7, 11) is -3.57. The van der Waals surface area contributed by atoms with Crippen LogP contribution in [-0.4, -0.2) is 8.42 Å². The third kappa shape index (κ3) is 4.82. The molecular formula is C24H34O2S. The van der Waals surface area contributed by atoms with Crippen LogP contribution in [-0.2, 0) is 33.5 Å². The van der Waals surface area contributed by atoms with Crippen LogP contribution in [0.4, 0.5) is 0 Å². The van der Waals surface area contributed by atoms with Crippen molar-refractivity contribution in [2.24, 2.45) is 0 Å². The van der Waals surface area contributed by atoms with Gasteiger partial charge < -0.3 is 0 Å². The highest BCUT2D eigenvalue weighted by atomic mass is 32.2. The molecule has 0 fully saturated rings. The second-order valence-corrected chi connectivity index (χ2v) is 11.4. The molecule has 0 aromatic heterocycles. The third-order valence-electron chi connectivity index (χ3n) is 5.10. The Balaban J connectivity index is 2.73. The summed E-state index contributed by atoms with van der Waals surface area (Å²) in [6.07, 6.45) is 1.63. The molecule has 0 radical (unpaired) electrons. The third-order valence-corrected chi connectivity index (χ3v) is 6.81. The second kappa shape index (κ2) is 7.43. The van der Waals surface area contributed by atoms with Gasteiger partial charge >= 0.3 is 0 Å². The standard InChI is InChI=1S/C24H34O2S/c1-9-17-11-19(23(3,4)5)15-21(13-17)27(25,26)22-14-18(10-2)12-20(16-22)24(6,7)8/h11-16H,9-10H2,1-8H3. The summed E-state index contributed by atoms with van der Waals surface area (Å²) in [5.41, 5.74) is 4.03. The molecule has 0 aliphatic carbocycles. The van der Waals surface area contributed by atoms with Gasteiger partial charge in [0.05, 0.1) is 9.79 Å². The van der Waals surface area contributed by atoms with Gasteiger partial charge in [-0.1, -0.05) is 67.5 Å². The summed E-state index contributed by atoms with van der Waals surface area (Å²) in [5, 5.41) is 0. The SMILES string of the molecule is CCc1cc(C(C)(C)C)cc(S(=O)(=O)c2cc(CC)cc(C(C)(C)C)c2)c1. The molecule has 148 valence electrons. The summed E-state index contributed by atoms with van der Waals surface area (Å²) in [5.74, 6) is 0. The predicted octanol–water partition coefficient (Wildman–Crippen LogP) is 6.24. The summed E-state index contributed by atoms with van der Waals surface area (Å²) >= 11 is 0. The molecule has 0 spiro atoms. The average Bonchev–Trinajstić information content (AvgIpc) is 2.59. The first-order valence-electron chi connectivity index (χ1n) is 9.83. The van der Waals surface area contributed by atoms with Crippen molar-refractivity contribution in [3.05, 3.63) is 58.7 Å². The minimum absolute atomic E-state index is 0.0999. The van der Waals surface area contributed by atoms with Gasteiger partial charge in [0.25, 0.3) is 0 Å². The lowest BCUT2D eigenvalue weighted by Gasteiger charge is -2.23. The summed E-state index contributed by atoms with van der Waals surface area (Å²) in [4.78, 5) is 0.805. The molecule has 0 aliphatic heterocycles. The van der Waals surface area contributed by atoms with Gasteiger partial charge in [-0.15, -0.1) is 0 Å². The topological polar surface area (TPSA) is 34.1 Å². The minimum atomic E-state index is -3.57. The smallest absolute Gasteiger partial charge is 0.206 e. The number of hydrogen-bond acceptors (Lipinski definition) is 2. The monoisotopic (exact) mass is 386 g/mol. The molecule has 0 amide bonds.